The van der Waals surface area contributed by atoms with E-state index in [2.05, 4.69) is 44.8 Å². The molecule has 188 valence electrons. The van der Waals surface area contributed by atoms with E-state index in [4.69, 9.17) is 8.85 Å². The number of benzene rings is 1. The van der Waals surface area contributed by atoms with Crippen molar-refractivity contribution in [1.29, 1.82) is 0 Å². The summed E-state index contributed by atoms with van der Waals surface area (Å²) in [6, 6.07) is 6.02. The molecule has 0 atom stereocenters. The van der Waals surface area contributed by atoms with E-state index in [0.717, 1.165) is 18.4 Å². The van der Waals surface area contributed by atoms with Crippen LogP contribution in [0.5, 0.6) is 5.75 Å². The fraction of sp³-hybridized carbons (Fsp3) is 0.679. The monoisotopic (exact) mass is 490 g/mol. The van der Waals surface area contributed by atoms with Crippen molar-refractivity contribution in [2.24, 2.45) is 0 Å². The number of allylic oxidation sites excluding steroid dienone is 2. The molecule has 0 saturated carbocycles. The number of rotatable bonds is 17. The highest BCUT2D eigenvalue weighted by atomic mass is 28.4. The Hall–Kier alpha value is -1.34. The van der Waals surface area contributed by atoms with Gasteiger partial charge in [-0.2, -0.15) is 0 Å². The molecule has 3 nitrogen and oxygen atoms in total. The maximum atomic E-state index is 13.1. The summed E-state index contributed by atoms with van der Waals surface area (Å²) in [6.45, 7) is 14.9. The molecule has 1 rings (SSSR count). The average Bonchev–Trinajstić information content (AvgIpc) is 2.69. The fourth-order valence-electron chi connectivity index (χ4n) is 3.79. The first-order valence-corrected chi connectivity index (χ1v) is 20.0. The van der Waals surface area contributed by atoms with Crippen LogP contribution in [-0.2, 0) is 10.8 Å². The van der Waals surface area contributed by atoms with Gasteiger partial charge in [-0.3, -0.25) is 0 Å². The average molecular weight is 491 g/mol. The van der Waals surface area contributed by atoms with Crippen molar-refractivity contribution in [3.05, 3.63) is 41.5 Å². The van der Waals surface area contributed by atoms with Gasteiger partial charge in [-0.25, -0.2) is 4.79 Å². The number of unbranched alkanes of at least 4 members (excludes halogenated alkanes) is 9. The van der Waals surface area contributed by atoms with Crippen molar-refractivity contribution in [3.8, 4) is 5.75 Å². The van der Waals surface area contributed by atoms with Crippen molar-refractivity contribution in [2.45, 2.75) is 123 Å². The largest absolute Gasteiger partial charge is 0.544 e. The van der Waals surface area contributed by atoms with Gasteiger partial charge < -0.3 is 8.85 Å². The van der Waals surface area contributed by atoms with Crippen molar-refractivity contribution in [1.82, 2.24) is 0 Å². The Labute approximate surface area is 206 Å². The zero-order chi connectivity index (χ0) is 24.7. The van der Waals surface area contributed by atoms with E-state index in [1.807, 2.05) is 31.8 Å². The number of aryl methyl sites for hydroxylation is 1. The Morgan fingerprint density at radius 2 is 1.36 bits per heavy atom. The Kier molecular flexibility index (Phi) is 14.0. The standard InChI is InChI=1S/C28H50O3Si2/c1-8-9-10-11-12-13-14-15-16-17-18-19-20-22-25-23-21-24-26(30-32(2,3)4)27(25)28(29)31-33(5,6)7/h13-14,21,23-24H,8-12,15-20,22H2,1-7H3/b14-13-. The van der Waals surface area contributed by atoms with Crippen molar-refractivity contribution in [2.75, 3.05) is 0 Å². The van der Waals surface area contributed by atoms with E-state index in [0.29, 0.717) is 11.3 Å². The molecular weight excluding hydrogens is 440 g/mol. The Morgan fingerprint density at radius 1 is 0.788 bits per heavy atom. The maximum Gasteiger partial charge on any atom is 0.328 e. The topological polar surface area (TPSA) is 35.5 Å². The number of carbonyl (C=O) groups excluding carboxylic acids is 1. The SMILES string of the molecule is CCCCCC/C=C\CCCCCCCc1cccc(O[Si](C)(C)C)c1C(=O)O[Si](C)(C)C. The molecule has 0 unspecified atom stereocenters. The van der Waals surface area contributed by atoms with Crippen LogP contribution >= 0.6 is 0 Å². The van der Waals surface area contributed by atoms with Crippen LogP contribution in [0.15, 0.2) is 30.4 Å². The fourth-order valence-corrected chi connectivity index (χ4v) is 5.28. The van der Waals surface area contributed by atoms with Crippen LogP contribution in [0.3, 0.4) is 0 Å². The third-order valence-corrected chi connectivity index (χ3v) is 6.97. The molecule has 0 saturated heterocycles. The van der Waals surface area contributed by atoms with E-state index in [1.165, 1.54) is 64.2 Å². The third-order valence-electron chi connectivity index (χ3n) is 5.34. The molecule has 0 aliphatic heterocycles. The van der Waals surface area contributed by atoms with Crippen molar-refractivity contribution < 1.29 is 13.6 Å². The highest BCUT2D eigenvalue weighted by molar-refractivity contribution is 6.71. The van der Waals surface area contributed by atoms with E-state index in [1.54, 1.807) is 0 Å². The lowest BCUT2D eigenvalue weighted by atomic mass is 9.99. The molecule has 0 aliphatic carbocycles. The second-order valence-electron chi connectivity index (χ2n) is 11.1. The lowest BCUT2D eigenvalue weighted by Crippen LogP contribution is -2.32. The molecule has 0 N–H and O–H groups in total. The minimum Gasteiger partial charge on any atom is -0.544 e. The first kappa shape index (κ1) is 29.7. The van der Waals surface area contributed by atoms with Gasteiger partial charge in [-0.05, 0) is 89.4 Å². The van der Waals surface area contributed by atoms with E-state index >= 15 is 0 Å². The number of carbonyl (C=O) groups is 1. The molecule has 0 bridgehead atoms. The molecular formula is C28H50O3Si2. The number of hydrogen-bond acceptors (Lipinski definition) is 3. The van der Waals surface area contributed by atoms with Crippen LogP contribution in [0.25, 0.3) is 0 Å². The molecule has 1 aromatic carbocycles. The molecule has 1 aromatic rings. The molecule has 0 heterocycles. The molecule has 0 aromatic heterocycles. The van der Waals surface area contributed by atoms with Crippen LogP contribution in [-0.4, -0.2) is 22.6 Å². The maximum absolute atomic E-state index is 13.1. The summed E-state index contributed by atoms with van der Waals surface area (Å²) < 4.78 is 12.1. The minimum absolute atomic E-state index is 0.209. The van der Waals surface area contributed by atoms with E-state index in [-0.39, 0.29) is 5.97 Å². The molecule has 0 fully saturated rings. The minimum atomic E-state index is -1.98. The van der Waals surface area contributed by atoms with Crippen molar-refractivity contribution in [3.63, 3.8) is 0 Å². The third kappa shape index (κ3) is 14.5. The molecule has 0 radical (unpaired) electrons. The highest BCUT2D eigenvalue weighted by Gasteiger charge is 2.27. The van der Waals surface area contributed by atoms with Gasteiger partial charge in [0.1, 0.15) is 11.3 Å². The zero-order valence-electron chi connectivity index (χ0n) is 22.6. The van der Waals surface area contributed by atoms with Gasteiger partial charge in [0.05, 0.1) is 0 Å². The Morgan fingerprint density at radius 3 is 1.94 bits per heavy atom. The van der Waals surface area contributed by atoms with Crippen LogP contribution in [0, 0.1) is 0 Å². The van der Waals surface area contributed by atoms with Gasteiger partial charge in [0.15, 0.2) is 0 Å². The van der Waals surface area contributed by atoms with Gasteiger partial charge in [0.25, 0.3) is 0 Å². The normalized spacial score (nSPS) is 12.3. The predicted octanol–water partition coefficient (Wildman–Crippen LogP) is 9.30. The second-order valence-corrected chi connectivity index (χ2v) is 20.0. The van der Waals surface area contributed by atoms with E-state index < -0.39 is 16.6 Å². The van der Waals surface area contributed by atoms with Crippen LogP contribution in [0.2, 0.25) is 39.3 Å². The smallest absolute Gasteiger partial charge is 0.328 e. The summed E-state index contributed by atoms with van der Waals surface area (Å²) in [5.41, 5.74) is 1.73. The van der Waals surface area contributed by atoms with Crippen LogP contribution < -0.4 is 4.43 Å². The molecule has 0 spiro atoms. The zero-order valence-corrected chi connectivity index (χ0v) is 24.6. The lowest BCUT2D eigenvalue weighted by molar-refractivity contribution is 0.0721. The first-order chi connectivity index (χ1) is 15.5. The summed E-state index contributed by atoms with van der Waals surface area (Å²) >= 11 is 0. The first-order valence-electron chi connectivity index (χ1n) is 13.2. The van der Waals surface area contributed by atoms with Gasteiger partial charge in [0.2, 0.25) is 16.6 Å². The summed E-state index contributed by atoms with van der Waals surface area (Å²) in [6.07, 6.45) is 19.6. The highest BCUT2D eigenvalue weighted by Crippen LogP contribution is 2.28. The Bertz CT molecular complexity index is 715. The van der Waals surface area contributed by atoms with Gasteiger partial charge >= 0.3 is 5.97 Å². The van der Waals surface area contributed by atoms with Gasteiger partial charge in [-0.1, -0.05) is 69.7 Å². The molecule has 33 heavy (non-hydrogen) atoms. The second kappa shape index (κ2) is 15.5. The summed E-state index contributed by atoms with van der Waals surface area (Å²) in [4.78, 5) is 13.1. The quantitative estimate of drug-likeness (QED) is 0.124. The Balaban J connectivity index is 2.51. The summed E-state index contributed by atoms with van der Waals surface area (Å²) in [7, 11) is -3.81. The van der Waals surface area contributed by atoms with Gasteiger partial charge in [0, 0.05) is 0 Å². The summed E-state index contributed by atoms with van der Waals surface area (Å²) in [5, 5.41) is 0. The predicted molar refractivity (Wildman–Crippen MR) is 148 cm³/mol. The summed E-state index contributed by atoms with van der Waals surface area (Å²) in [5.74, 6) is 0.496. The van der Waals surface area contributed by atoms with Crippen molar-refractivity contribution >= 4 is 22.6 Å². The molecule has 0 aliphatic rings. The van der Waals surface area contributed by atoms with Crippen LogP contribution in [0.1, 0.15) is 93.5 Å². The lowest BCUT2D eigenvalue weighted by Gasteiger charge is -2.24. The van der Waals surface area contributed by atoms with Gasteiger partial charge in [-0.15, -0.1) is 0 Å². The number of hydrogen-bond donors (Lipinski definition) is 0. The van der Waals surface area contributed by atoms with E-state index in [9.17, 15) is 4.79 Å². The van der Waals surface area contributed by atoms with Crippen LogP contribution in [0.4, 0.5) is 0 Å². The molecule has 5 heteroatoms. The molecule has 0 amide bonds.